The van der Waals surface area contributed by atoms with Crippen molar-refractivity contribution in [1.82, 2.24) is 0 Å². The monoisotopic (exact) mass is 687 g/mol. The van der Waals surface area contributed by atoms with E-state index in [0.29, 0.717) is 0 Å². The first-order valence-electron chi connectivity index (χ1n) is 19.2. The molecule has 1 spiro atoms. The van der Waals surface area contributed by atoms with Crippen LogP contribution in [0.3, 0.4) is 0 Å². The quantitative estimate of drug-likeness (QED) is 0.179. The van der Waals surface area contributed by atoms with E-state index in [0.717, 1.165) is 0 Å². The molecule has 2 bridgehead atoms. The first kappa shape index (κ1) is 30.1. The van der Waals surface area contributed by atoms with E-state index in [-0.39, 0.29) is 5.41 Å². The molecule has 0 radical (unpaired) electrons. The molecule has 0 N–H and O–H groups in total. The van der Waals surface area contributed by atoms with Crippen LogP contribution >= 0.6 is 0 Å². The Bertz CT molecular complexity index is 2810. The molecule has 254 valence electrons. The largest absolute Gasteiger partial charge is 0.310 e. The Morgan fingerprint density at radius 2 is 0.926 bits per heavy atom. The Labute approximate surface area is 316 Å². The van der Waals surface area contributed by atoms with Gasteiger partial charge in [-0.05, 0) is 103 Å². The third-order valence-electron chi connectivity index (χ3n) is 13.3. The molecular weight excluding hydrogens is 651 g/mol. The predicted molar refractivity (Wildman–Crippen MR) is 221 cm³/mol. The van der Waals surface area contributed by atoms with Crippen molar-refractivity contribution in [3.05, 3.63) is 244 Å². The van der Waals surface area contributed by atoms with E-state index in [4.69, 9.17) is 0 Å². The van der Waals surface area contributed by atoms with Gasteiger partial charge in [0.2, 0.25) is 0 Å². The van der Waals surface area contributed by atoms with Crippen LogP contribution < -0.4 is 4.90 Å². The van der Waals surface area contributed by atoms with E-state index in [1.807, 2.05) is 0 Å². The van der Waals surface area contributed by atoms with Gasteiger partial charge in [0.15, 0.2) is 0 Å². The number of nitrogens with zero attached hydrogens (tertiary/aromatic N) is 1. The summed E-state index contributed by atoms with van der Waals surface area (Å²) >= 11 is 0. The van der Waals surface area contributed by atoms with Crippen LogP contribution in [0.5, 0.6) is 0 Å². The molecule has 0 unspecified atom stereocenters. The summed E-state index contributed by atoms with van der Waals surface area (Å²) in [5.41, 5.74) is 21.4. The zero-order valence-corrected chi connectivity index (χ0v) is 30.3. The molecule has 1 heteroatoms. The highest BCUT2D eigenvalue weighted by Crippen LogP contribution is 2.71. The topological polar surface area (TPSA) is 3.24 Å². The second-order valence-corrected chi connectivity index (χ2v) is 16.0. The van der Waals surface area contributed by atoms with Crippen molar-refractivity contribution in [3.8, 4) is 22.3 Å². The zero-order chi connectivity index (χ0) is 35.8. The SMILES string of the molecule is CC1(C)c2ccccc2-c2ccc(N3c4ccc(-c5ccccc5)cc4C45c6ccccc6C(c6ccccc6)(c6ccccc64)c4cccc3c45)cc21. The van der Waals surface area contributed by atoms with Gasteiger partial charge in [-0.2, -0.15) is 0 Å². The first-order chi connectivity index (χ1) is 26.6. The number of benzene rings is 8. The van der Waals surface area contributed by atoms with Gasteiger partial charge in [-0.25, -0.2) is 0 Å². The minimum atomic E-state index is -0.515. The normalized spacial score (nSPS) is 19.9. The van der Waals surface area contributed by atoms with Crippen LogP contribution in [0.25, 0.3) is 22.3 Å². The maximum absolute atomic E-state index is 2.58. The molecule has 54 heavy (non-hydrogen) atoms. The fourth-order valence-corrected chi connectivity index (χ4v) is 11.2. The summed E-state index contributed by atoms with van der Waals surface area (Å²) in [6.07, 6.45) is 0. The van der Waals surface area contributed by atoms with Crippen molar-refractivity contribution in [2.45, 2.75) is 30.1 Å². The number of anilines is 3. The molecule has 8 aromatic carbocycles. The van der Waals surface area contributed by atoms with E-state index in [2.05, 4.69) is 207 Å². The van der Waals surface area contributed by atoms with Crippen LogP contribution in [0.15, 0.2) is 188 Å². The van der Waals surface area contributed by atoms with Crippen molar-refractivity contribution >= 4 is 17.1 Å². The lowest BCUT2D eigenvalue weighted by Gasteiger charge is -2.60. The Morgan fingerprint density at radius 3 is 1.63 bits per heavy atom. The van der Waals surface area contributed by atoms with Crippen molar-refractivity contribution in [1.29, 1.82) is 0 Å². The molecule has 4 aliphatic carbocycles. The van der Waals surface area contributed by atoms with Gasteiger partial charge >= 0.3 is 0 Å². The summed E-state index contributed by atoms with van der Waals surface area (Å²) in [5, 5.41) is 0. The average Bonchev–Trinajstić information content (AvgIpc) is 3.47. The number of hydrogen-bond donors (Lipinski definition) is 0. The molecule has 0 atom stereocenters. The van der Waals surface area contributed by atoms with Gasteiger partial charge in [-0.15, -0.1) is 0 Å². The number of rotatable bonds is 3. The lowest BCUT2D eigenvalue weighted by molar-refractivity contribution is 0.553. The lowest BCUT2D eigenvalue weighted by atomic mass is 9.43. The molecule has 5 aliphatic rings. The Morgan fingerprint density at radius 1 is 0.352 bits per heavy atom. The summed E-state index contributed by atoms with van der Waals surface area (Å²) in [7, 11) is 0. The Kier molecular flexibility index (Phi) is 5.77. The van der Waals surface area contributed by atoms with E-state index in [1.54, 1.807) is 0 Å². The standard InChI is InChI=1S/C53H37N/c1-51(2)40-21-10-9-20-38(40)39-30-29-37(33-46(39)51)54-48-31-28-35(34-16-5-3-6-17-34)32-47(48)53-43-24-13-11-22-41(43)52(36-18-7-4-8-19-36,42-23-12-14-25-44(42)53)45-26-15-27-49(54)50(45)53/h3-33H,1-2H3. The Hall–Kier alpha value is -6.44. The van der Waals surface area contributed by atoms with Crippen LogP contribution in [0.2, 0.25) is 0 Å². The molecule has 0 saturated heterocycles. The van der Waals surface area contributed by atoms with E-state index < -0.39 is 10.8 Å². The van der Waals surface area contributed by atoms with Gasteiger partial charge < -0.3 is 4.90 Å². The molecule has 0 saturated carbocycles. The number of fused-ring (bicyclic) bond motifs is 4. The van der Waals surface area contributed by atoms with Gasteiger partial charge in [-0.3, -0.25) is 0 Å². The Balaban J connectivity index is 1.23. The molecule has 13 rings (SSSR count). The molecule has 8 aromatic rings. The summed E-state index contributed by atoms with van der Waals surface area (Å²) in [4.78, 5) is 2.58. The van der Waals surface area contributed by atoms with Crippen molar-refractivity contribution in [3.63, 3.8) is 0 Å². The third-order valence-corrected chi connectivity index (χ3v) is 13.3. The summed E-state index contributed by atoms with van der Waals surface area (Å²) in [5.74, 6) is 0. The zero-order valence-electron chi connectivity index (χ0n) is 30.3. The molecule has 1 heterocycles. The predicted octanol–water partition coefficient (Wildman–Crippen LogP) is 12.8. The molecule has 0 amide bonds. The smallest absolute Gasteiger partial charge is 0.0752 e. The van der Waals surface area contributed by atoms with Crippen molar-refractivity contribution in [2.24, 2.45) is 0 Å². The van der Waals surface area contributed by atoms with Gasteiger partial charge in [0.1, 0.15) is 0 Å². The minimum Gasteiger partial charge on any atom is -0.310 e. The van der Waals surface area contributed by atoms with Gasteiger partial charge in [0.05, 0.1) is 22.2 Å². The van der Waals surface area contributed by atoms with Gasteiger partial charge in [0, 0.05) is 16.7 Å². The van der Waals surface area contributed by atoms with Crippen LogP contribution in [-0.2, 0) is 16.2 Å². The molecule has 1 nitrogen and oxygen atoms in total. The number of hydrogen-bond acceptors (Lipinski definition) is 1. The average molecular weight is 688 g/mol. The first-order valence-corrected chi connectivity index (χ1v) is 19.2. The van der Waals surface area contributed by atoms with Crippen LogP contribution in [-0.4, -0.2) is 0 Å². The maximum Gasteiger partial charge on any atom is 0.0752 e. The lowest BCUT2D eigenvalue weighted by Crippen LogP contribution is -2.53. The summed E-state index contributed by atoms with van der Waals surface area (Å²) in [6, 6.07) is 71.3. The van der Waals surface area contributed by atoms with E-state index in [9.17, 15) is 0 Å². The van der Waals surface area contributed by atoms with Crippen molar-refractivity contribution < 1.29 is 0 Å². The molecule has 0 fully saturated rings. The summed E-state index contributed by atoms with van der Waals surface area (Å²) in [6.45, 7) is 4.76. The molecule has 1 aliphatic heterocycles. The van der Waals surface area contributed by atoms with Gasteiger partial charge in [0.25, 0.3) is 0 Å². The second-order valence-electron chi connectivity index (χ2n) is 16.0. The third kappa shape index (κ3) is 3.42. The highest BCUT2D eigenvalue weighted by molar-refractivity contribution is 5.97. The van der Waals surface area contributed by atoms with Crippen LogP contribution in [0, 0.1) is 0 Å². The van der Waals surface area contributed by atoms with Crippen LogP contribution in [0.1, 0.15) is 69.5 Å². The van der Waals surface area contributed by atoms with Crippen molar-refractivity contribution in [2.75, 3.05) is 4.90 Å². The second kappa shape index (κ2) is 10.4. The molecular formula is C53H37N. The molecule has 0 aromatic heterocycles. The highest BCUT2D eigenvalue weighted by atomic mass is 15.2. The fourth-order valence-electron chi connectivity index (χ4n) is 11.2. The highest BCUT2D eigenvalue weighted by Gasteiger charge is 2.63. The maximum atomic E-state index is 2.58. The summed E-state index contributed by atoms with van der Waals surface area (Å²) < 4.78 is 0. The van der Waals surface area contributed by atoms with Crippen LogP contribution in [0.4, 0.5) is 17.1 Å². The van der Waals surface area contributed by atoms with E-state index in [1.165, 1.54) is 95.0 Å². The fraction of sp³-hybridized carbons (Fsp3) is 0.0943. The van der Waals surface area contributed by atoms with E-state index >= 15 is 0 Å². The minimum absolute atomic E-state index is 0.108. The van der Waals surface area contributed by atoms with Gasteiger partial charge in [-0.1, -0.05) is 172 Å².